The zero-order valence-corrected chi connectivity index (χ0v) is 25.0. The molecule has 1 saturated heterocycles. The number of hydrogen-bond donors (Lipinski definition) is 0. The summed E-state index contributed by atoms with van der Waals surface area (Å²) in [6, 6.07) is 29.6. The van der Waals surface area contributed by atoms with Crippen LogP contribution in [-0.4, -0.2) is 52.5 Å². The fourth-order valence-corrected chi connectivity index (χ4v) is 5.23. The van der Waals surface area contributed by atoms with Crippen molar-refractivity contribution >= 4 is 17.1 Å². The highest BCUT2D eigenvalue weighted by atomic mass is 16.5. The molecule has 1 aliphatic heterocycles. The van der Waals surface area contributed by atoms with E-state index in [1.165, 1.54) is 29.7 Å². The monoisotopic (exact) mass is 566 g/mol. The van der Waals surface area contributed by atoms with Crippen LogP contribution in [-0.2, 0) is 24.4 Å². The average Bonchev–Trinajstić information content (AvgIpc) is 3.57. The van der Waals surface area contributed by atoms with Gasteiger partial charge >= 0.3 is 0 Å². The smallest absolute Gasteiger partial charge is 0.121 e. The van der Waals surface area contributed by atoms with Gasteiger partial charge in [-0.3, -0.25) is 4.98 Å². The Balaban J connectivity index is 1.23. The van der Waals surface area contributed by atoms with Gasteiger partial charge in [-0.25, -0.2) is 0 Å². The summed E-state index contributed by atoms with van der Waals surface area (Å²) in [4.78, 5) is 11.5. The molecule has 7 nitrogen and oxygen atoms in total. The van der Waals surface area contributed by atoms with Gasteiger partial charge in [-0.2, -0.15) is 0 Å². The molecule has 1 aromatic heterocycles. The van der Waals surface area contributed by atoms with Crippen molar-refractivity contribution in [2.24, 2.45) is 0 Å². The van der Waals surface area contributed by atoms with E-state index in [9.17, 15) is 0 Å². The molecule has 0 bridgehead atoms. The molecule has 42 heavy (non-hydrogen) atoms. The summed E-state index contributed by atoms with van der Waals surface area (Å²) >= 11 is 0. The Morgan fingerprint density at radius 2 is 1.52 bits per heavy atom. The topological polar surface area (TPSA) is 50.3 Å². The molecule has 0 amide bonds. The molecule has 0 atom stereocenters. The second kappa shape index (κ2) is 14.6. The van der Waals surface area contributed by atoms with E-state index in [1.807, 2.05) is 50.6 Å². The fraction of sp³-hybridized carbons (Fsp3) is 0.343. The minimum absolute atomic E-state index is 0.423. The predicted octanol–water partition coefficient (Wildman–Crippen LogP) is 6.56. The van der Waals surface area contributed by atoms with E-state index in [2.05, 4.69) is 74.3 Å². The average molecular weight is 567 g/mol. The van der Waals surface area contributed by atoms with Crippen molar-refractivity contribution < 1.29 is 14.2 Å². The number of hydrogen-bond acceptors (Lipinski definition) is 7. The summed E-state index contributed by atoms with van der Waals surface area (Å²) in [6.07, 6.45) is 4.43. The van der Waals surface area contributed by atoms with Gasteiger partial charge in [0.05, 0.1) is 26.0 Å². The van der Waals surface area contributed by atoms with Crippen LogP contribution < -0.4 is 24.2 Å². The Kier molecular flexibility index (Phi) is 10.2. The van der Waals surface area contributed by atoms with E-state index in [4.69, 9.17) is 14.2 Å². The third-order valence-electron chi connectivity index (χ3n) is 7.53. The van der Waals surface area contributed by atoms with Gasteiger partial charge in [-0.05, 0) is 72.5 Å². The lowest BCUT2D eigenvalue weighted by Gasteiger charge is -2.26. The molecule has 4 aromatic rings. The van der Waals surface area contributed by atoms with Crippen LogP contribution in [0.15, 0.2) is 91.1 Å². The number of nitrogens with zero attached hydrogens (tertiary/aromatic N) is 4. The highest BCUT2D eigenvalue weighted by molar-refractivity contribution is 5.52. The van der Waals surface area contributed by atoms with E-state index >= 15 is 0 Å². The van der Waals surface area contributed by atoms with Gasteiger partial charge in [0, 0.05) is 69.6 Å². The van der Waals surface area contributed by atoms with Crippen molar-refractivity contribution in [1.29, 1.82) is 0 Å². The molecule has 0 unspecified atom stereocenters. The summed E-state index contributed by atoms with van der Waals surface area (Å²) < 4.78 is 17.3. The minimum atomic E-state index is 0.423. The van der Waals surface area contributed by atoms with Crippen LogP contribution in [0, 0.1) is 0 Å². The molecule has 1 aliphatic rings. The van der Waals surface area contributed by atoms with Crippen molar-refractivity contribution in [3.8, 4) is 11.5 Å². The van der Waals surface area contributed by atoms with Crippen molar-refractivity contribution in [2.45, 2.75) is 32.5 Å². The maximum atomic E-state index is 5.94. The Morgan fingerprint density at radius 1 is 0.762 bits per heavy atom. The Bertz CT molecular complexity index is 1400. The normalized spacial score (nSPS) is 12.8. The highest BCUT2D eigenvalue weighted by Crippen LogP contribution is 2.25. The van der Waals surface area contributed by atoms with Crippen molar-refractivity contribution in [3.05, 3.63) is 108 Å². The predicted molar refractivity (Wildman–Crippen MR) is 171 cm³/mol. The molecule has 220 valence electrons. The third kappa shape index (κ3) is 8.17. The lowest BCUT2D eigenvalue weighted by molar-refractivity contribution is 0.0870. The van der Waals surface area contributed by atoms with E-state index in [-0.39, 0.29) is 0 Å². The summed E-state index contributed by atoms with van der Waals surface area (Å²) in [5, 5.41) is 0. The van der Waals surface area contributed by atoms with Crippen LogP contribution in [0.5, 0.6) is 11.5 Å². The zero-order valence-electron chi connectivity index (χ0n) is 25.0. The molecule has 2 heterocycles. The Hall–Kier alpha value is -4.23. The van der Waals surface area contributed by atoms with Gasteiger partial charge in [0.25, 0.3) is 0 Å². The molecular weight excluding hydrogens is 524 g/mol. The van der Waals surface area contributed by atoms with Crippen LogP contribution in [0.3, 0.4) is 0 Å². The Labute approximate surface area is 250 Å². The van der Waals surface area contributed by atoms with Gasteiger partial charge < -0.3 is 28.9 Å². The molecular formula is C35H42N4O3. The van der Waals surface area contributed by atoms with Crippen molar-refractivity contribution in [1.82, 2.24) is 4.98 Å². The van der Waals surface area contributed by atoms with Crippen molar-refractivity contribution in [3.63, 3.8) is 0 Å². The molecule has 1 fully saturated rings. The first kappa shape index (κ1) is 29.3. The lowest BCUT2D eigenvalue weighted by Crippen LogP contribution is -2.23. The first-order valence-electron chi connectivity index (χ1n) is 14.7. The summed E-state index contributed by atoms with van der Waals surface area (Å²) in [5.74, 6) is 1.70. The largest absolute Gasteiger partial charge is 0.497 e. The van der Waals surface area contributed by atoms with Crippen LogP contribution >= 0.6 is 0 Å². The molecule has 3 aromatic carbocycles. The minimum Gasteiger partial charge on any atom is -0.497 e. The third-order valence-corrected chi connectivity index (χ3v) is 7.53. The molecule has 0 aliphatic carbocycles. The first-order valence-corrected chi connectivity index (χ1v) is 14.7. The van der Waals surface area contributed by atoms with Gasteiger partial charge in [0.15, 0.2) is 0 Å². The molecule has 7 heteroatoms. The van der Waals surface area contributed by atoms with Gasteiger partial charge in [0.2, 0.25) is 0 Å². The number of pyridine rings is 1. The number of rotatable bonds is 14. The second-order valence-electron chi connectivity index (χ2n) is 10.9. The van der Waals surface area contributed by atoms with Crippen LogP contribution in [0.4, 0.5) is 17.1 Å². The second-order valence-corrected chi connectivity index (χ2v) is 10.9. The van der Waals surface area contributed by atoms with E-state index in [0.29, 0.717) is 19.8 Å². The van der Waals surface area contributed by atoms with Crippen molar-refractivity contribution in [2.75, 3.05) is 62.2 Å². The van der Waals surface area contributed by atoms with Crippen LogP contribution in [0.25, 0.3) is 0 Å². The molecule has 0 saturated carbocycles. The quantitative estimate of drug-likeness (QED) is 0.160. The van der Waals surface area contributed by atoms with Gasteiger partial charge in [0.1, 0.15) is 18.1 Å². The summed E-state index contributed by atoms with van der Waals surface area (Å²) in [6.45, 7) is 5.21. The zero-order chi connectivity index (χ0) is 29.1. The van der Waals surface area contributed by atoms with E-state index < -0.39 is 0 Å². The molecule has 0 radical (unpaired) electrons. The number of ether oxygens (including phenoxy) is 3. The first-order chi connectivity index (χ1) is 20.6. The number of methoxy groups -OCH3 is 1. The van der Waals surface area contributed by atoms with E-state index in [1.54, 1.807) is 7.11 Å². The SMILES string of the molecule is COc1cccc(CN(Cc2ccc(N3CCCC3)cc2)c2ccnc(COCCOc3cccc(N(C)C)c3)c2)c1. The van der Waals surface area contributed by atoms with E-state index in [0.717, 1.165) is 54.7 Å². The number of benzene rings is 3. The molecule has 0 N–H and O–H groups in total. The maximum Gasteiger partial charge on any atom is 0.121 e. The Morgan fingerprint density at radius 3 is 2.31 bits per heavy atom. The number of aromatic nitrogens is 1. The van der Waals surface area contributed by atoms with Crippen LogP contribution in [0.2, 0.25) is 0 Å². The summed E-state index contributed by atoms with van der Waals surface area (Å²) in [5.41, 5.74) is 6.87. The summed E-state index contributed by atoms with van der Waals surface area (Å²) in [7, 11) is 5.75. The standard InChI is InChI=1S/C35H42N4O3/c1-37(2)32-9-7-11-35(24-32)42-21-20-41-27-30-23-33(16-17-36-30)39(26-29-8-6-10-34(22-29)40-3)25-28-12-14-31(15-13-28)38-18-4-5-19-38/h6-17,22-24H,4-5,18-21,25-27H2,1-3H3. The lowest BCUT2D eigenvalue weighted by atomic mass is 10.1. The molecule has 5 rings (SSSR count). The van der Waals surface area contributed by atoms with Gasteiger partial charge in [-0.15, -0.1) is 0 Å². The maximum absolute atomic E-state index is 5.94. The molecule has 0 spiro atoms. The fourth-order valence-electron chi connectivity index (χ4n) is 5.23. The highest BCUT2D eigenvalue weighted by Gasteiger charge is 2.14. The number of anilines is 3. The van der Waals surface area contributed by atoms with Gasteiger partial charge in [-0.1, -0.05) is 30.3 Å². The van der Waals surface area contributed by atoms with Crippen LogP contribution in [0.1, 0.15) is 29.7 Å².